The van der Waals surface area contributed by atoms with Crippen LogP contribution in [0.15, 0.2) is 88.3 Å². The number of halogens is 1. The Bertz CT molecular complexity index is 1510. The fourth-order valence-corrected chi connectivity index (χ4v) is 4.32. The summed E-state index contributed by atoms with van der Waals surface area (Å²) in [6.07, 6.45) is 1.37. The van der Waals surface area contributed by atoms with Gasteiger partial charge < -0.3 is 19.5 Å². The molecule has 8 heteroatoms. The molecule has 0 atom stereocenters. The van der Waals surface area contributed by atoms with Crippen LogP contribution in [0.2, 0.25) is 0 Å². The molecule has 3 aromatic carbocycles. The van der Waals surface area contributed by atoms with Crippen molar-refractivity contribution in [3.05, 3.63) is 112 Å². The Morgan fingerprint density at radius 3 is 2.41 bits per heavy atom. The van der Waals surface area contributed by atoms with Crippen LogP contribution in [-0.4, -0.2) is 34.8 Å². The molecule has 0 aliphatic heterocycles. The molecule has 3 amide bonds. The summed E-state index contributed by atoms with van der Waals surface area (Å²) < 4.78 is 19.2. The largest absolute Gasteiger partial charge is 0.464 e. The predicted molar refractivity (Wildman–Crippen MR) is 150 cm³/mol. The van der Waals surface area contributed by atoms with Gasteiger partial charge in [0.2, 0.25) is 5.91 Å². The number of benzene rings is 3. The quantitative estimate of drug-likeness (QED) is 0.290. The molecule has 202 valence electrons. The van der Waals surface area contributed by atoms with Crippen molar-refractivity contribution in [3.63, 3.8) is 0 Å². The number of rotatable bonds is 9. The van der Waals surface area contributed by atoms with E-state index in [2.05, 4.69) is 5.32 Å². The molecule has 0 saturated heterocycles. The average Bonchev–Trinajstić information content (AvgIpc) is 2.90. The lowest BCUT2D eigenvalue weighted by molar-refractivity contribution is -0.133. The number of nitrogens with one attached hydrogen (secondary N) is 1. The minimum absolute atomic E-state index is 0.0294. The number of carbonyl (C=O) groups is 2. The van der Waals surface area contributed by atoms with Gasteiger partial charge in [-0.05, 0) is 60.4 Å². The molecule has 1 heterocycles. The molecule has 1 aromatic heterocycles. The van der Waals surface area contributed by atoms with E-state index in [9.17, 15) is 18.8 Å². The average molecular weight is 530 g/mol. The van der Waals surface area contributed by atoms with E-state index >= 15 is 0 Å². The van der Waals surface area contributed by atoms with Crippen LogP contribution >= 0.6 is 0 Å². The van der Waals surface area contributed by atoms with Gasteiger partial charge >= 0.3 is 6.03 Å². The monoisotopic (exact) mass is 529 g/mol. The van der Waals surface area contributed by atoms with Crippen molar-refractivity contribution in [3.8, 4) is 0 Å². The third-order valence-electron chi connectivity index (χ3n) is 6.22. The highest BCUT2D eigenvalue weighted by atomic mass is 19.1. The third kappa shape index (κ3) is 7.31. The molecule has 0 bridgehead atoms. The fourth-order valence-electron chi connectivity index (χ4n) is 4.32. The number of amides is 3. The van der Waals surface area contributed by atoms with Crippen LogP contribution in [0.4, 0.5) is 14.9 Å². The molecule has 0 unspecified atom stereocenters. The van der Waals surface area contributed by atoms with Gasteiger partial charge in [-0.2, -0.15) is 0 Å². The van der Waals surface area contributed by atoms with Gasteiger partial charge in [-0.1, -0.05) is 50.2 Å². The summed E-state index contributed by atoms with van der Waals surface area (Å²) in [5.74, 6) is -0.631. The van der Waals surface area contributed by atoms with Gasteiger partial charge in [0.05, 0.1) is 23.8 Å². The molecule has 0 aliphatic rings. The van der Waals surface area contributed by atoms with Crippen LogP contribution in [0.1, 0.15) is 30.5 Å². The van der Waals surface area contributed by atoms with Crippen LogP contribution in [0.25, 0.3) is 11.0 Å². The summed E-state index contributed by atoms with van der Waals surface area (Å²) in [6, 6.07) is 19.8. The van der Waals surface area contributed by atoms with Crippen molar-refractivity contribution >= 4 is 28.6 Å². The van der Waals surface area contributed by atoms with Crippen LogP contribution in [-0.2, 0) is 17.9 Å². The number of anilines is 1. The lowest BCUT2D eigenvalue weighted by atomic mass is 10.1. The first-order valence-corrected chi connectivity index (χ1v) is 12.8. The summed E-state index contributed by atoms with van der Waals surface area (Å²) >= 11 is 0. The smallest absolute Gasteiger partial charge is 0.322 e. The second kappa shape index (κ2) is 12.4. The molecule has 0 radical (unpaired) electrons. The van der Waals surface area contributed by atoms with Gasteiger partial charge in [-0.25, -0.2) is 9.18 Å². The zero-order valence-corrected chi connectivity index (χ0v) is 22.3. The van der Waals surface area contributed by atoms with Crippen molar-refractivity contribution < 1.29 is 18.4 Å². The van der Waals surface area contributed by atoms with Gasteiger partial charge in [0.15, 0.2) is 5.43 Å². The molecule has 7 nitrogen and oxygen atoms in total. The summed E-state index contributed by atoms with van der Waals surface area (Å²) in [6.45, 7) is 6.12. The number of urea groups is 1. The first-order valence-electron chi connectivity index (χ1n) is 12.8. The summed E-state index contributed by atoms with van der Waals surface area (Å²) in [7, 11) is 0. The Labute approximate surface area is 226 Å². The molecule has 1 N–H and O–H groups in total. The zero-order chi connectivity index (χ0) is 27.9. The second-order valence-electron chi connectivity index (χ2n) is 10.0. The number of aryl methyl sites for hydroxylation is 1. The van der Waals surface area contributed by atoms with Crippen LogP contribution in [0, 0.1) is 18.7 Å². The first-order chi connectivity index (χ1) is 18.7. The van der Waals surface area contributed by atoms with E-state index in [0.717, 1.165) is 5.56 Å². The van der Waals surface area contributed by atoms with Gasteiger partial charge in [-0.15, -0.1) is 0 Å². The Morgan fingerprint density at radius 1 is 0.949 bits per heavy atom. The van der Waals surface area contributed by atoms with E-state index in [4.69, 9.17) is 4.42 Å². The van der Waals surface area contributed by atoms with Crippen LogP contribution in [0.5, 0.6) is 0 Å². The molecule has 0 aliphatic carbocycles. The Balaban J connectivity index is 1.60. The SMILES string of the molecule is Cc1cccc(NC(=O)N(CC(=O)N(Cc2ccc(F)cc2)Cc2coc3ccccc3c2=O)CC(C)C)c1. The number of hydrogen-bond donors (Lipinski definition) is 1. The maximum absolute atomic E-state index is 13.7. The van der Waals surface area contributed by atoms with E-state index in [-0.39, 0.29) is 42.7 Å². The van der Waals surface area contributed by atoms with E-state index in [1.807, 2.05) is 39.0 Å². The van der Waals surface area contributed by atoms with E-state index in [1.165, 1.54) is 28.2 Å². The van der Waals surface area contributed by atoms with Crippen molar-refractivity contribution in [2.75, 3.05) is 18.4 Å². The highest BCUT2D eigenvalue weighted by Crippen LogP contribution is 2.16. The molecule has 0 fully saturated rings. The van der Waals surface area contributed by atoms with E-state index in [0.29, 0.717) is 34.3 Å². The number of para-hydroxylation sites is 1. The highest BCUT2D eigenvalue weighted by molar-refractivity contribution is 5.92. The Hall–Kier alpha value is -4.46. The maximum Gasteiger partial charge on any atom is 0.322 e. The van der Waals surface area contributed by atoms with E-state index < -0.39 is 6.03 Å². The normalized spacial score (nSPS) is 11.0. The van der Waals surface area contributed by atoms with Gasteiger partial charge in [0, 0.05) is 18.8 Å². The van der Waals surface area contributed by atoms with Crippen molar-refractivity contribution in [1.29, 1.82) is 0 Å². The summed E-state index contributed by atoms with van der Waals surface area (Å²) in [4.78, 5) is 43.0. The predicted octanol–water partition coefficient (Wildman–Crippen LogP) is 5.96. The molecular weight excluding hydrogens is 497 g/mol. The minimum Gasteiger partial charge on any atom is -0.464 e. The van der Waals surface area contributed by atoms with Gasteiger partial charge in [0.25, 0.3) is 0 Å². The van der Waals surface area contributed by atoms with Crippen molar-refractivity contribution in [2.24, 2.45) is 5.92 Å². The minimum atomic E-state index is -0.394. The van der Waals surface area contributed by atoms with Gasteiger partial charge in [0.1, 0.15) is 17.9 Å². The third-order valence-corrected chi connectivity index (χ3v) is 6.22. The maximum atomic E-state index is 13.7. The summed E-state index contributed by atoms with van der Waals surface area (Å²) in [5, 5.41) is 3.30. The lowest BCUT2D eigenvalue weighted by Crippen LogP contribution is -2.45. The standard InChI is InChI=1S/C31H32FN3O4/c1-21(2)16-35(31(38)33-26-8-6-7-22(3)15-26)19-29(36)34(17-23-11-13-25(32)14-12-23)18-24-20-39-28-10-5-4-9-27(28)30(24)37/h4-15,20-21H,16-19H2,1-3H3,(H,33,38). The number of nitrogens with zero attached hydrogens (tertiary/aromatic N) is 2. The van der Waals surface area contributed by atoms with E-state index in [1.54, 1.807) is 42.5 Å². The zero-order valence-electron chi connectivity index (χ0n) is 22.3. The second-order valence-corrected chi connectivity index (χ2v) is 10.0. The van der Waals surface area contributed by atoms with Gasteiger partial charge in [-0.3, -0.25) is 9.59 Å². The molecule has 4 aromatic rings. The molecule has 0 spiro atoms. The lowest BCUT2D eigenvalue weighted by Gasteiger charge is -2.29. The van der Waals surface area contributed by atoms with Crippen LogP contribution < -0.4 is 10.7 Å². The molecule has 4 rings (SSSR count). The summed E-state index contributed by atoms with van der Waals surface area (Å²) in [5.41, 5.74) is 2.86. The number of fused-ring (bicyclic) bond motifs is 1. The molecule has 0 saturated carbocycles. The molecular formula is C31H32FN3O4. The fraction of sp³-hybridized carbons (Fsp3) is 0.258. The highest BCUT2D eigenvalue weighted by Gasteiger charge is 2.24. The van der Waals surface area contributed by atoms with Crippen molar-refractivity contribution in [2.45, 2.75) is 33.9 Å². The topological polar surface area (TPSA) is 82.9 Å². The van der Waals surface area contributed by atoms with Crippen molar-refractivity contribution in [1.82, 2.24) is 9.80 Å². The first kappa shape index (κ1) is 27.6. The Kier molecular flexibility index (Phi) is 8.76. The number of hydrogen-bond acceptors (Lipinski definition) is 4. The Morgan fingerprint density at radius 2 is 1.69 bits per heavy atom. The van der Waals surface area contributed by atoms with Crippen LogP contribution in [0.3, 0.4) is 0 Å². The molecule has 39 heavy (non-hydrogen) atoms. The number of carbonyl (C=O) groups excluding carboxylic acids is 2.